The zero-order valence-electron chi connectivity index (χ0n) is 18.0. The molecule has 0 fully saturated rings. The molecule has 4 rings (SSSR count). The molecule has 6 nitrogen and oxygen atoms in total. The standard InChI is InChI=1S/C26H24N2O4/c1-3-31-24-16-18(15-21-20-11-7-8-12-22(20)28(2)26(21)30)13-14-23(24)32-17-25(29)27-19-9-5-4-6-10-19/h4-16H,3,17H2,1-2H3,(H,27,29). The fourth-order valence-corrected chi connectivity index (χ4v) is 3.57. The number of hydrogen-bond donors (Lipinski definition) is 1. The summed E-state index contributed by atoms with van der Waals surface area (Å²) in [6.45, 7) is 2.17. The van der Waals surface area contributed by atoms with E-state index in [0.717, 1.165) is 16.8 Å². The summed E-state index contributed by atoms with van der Waals surface area (Å²) in [5.41, 5.74) is 3.93. The summed E-state index contributed by atoms with van der Waals surface area (Å²) in [5, 5.41) is 2.79. The smallest absolute Gasteiger partial charge is 0.262 e. The zero-order valence-corrected chi connectivity index (χ0v) is 18.0. The van der Waals surface area contributed by atoms with Crippen molar-refractivity contribution < 1.29 is 19.1 Å². The number of rotatable bonds is 7. The van der Waals surface area contributed by atoms with Crippen molar-refractivity contribution in [2.75, 3.05) is 30.5 Å². The number of carbonyl (C=O) groups excluding carboxylic acids is 2. The second kappa shape index (κ2) is 9.39. The minimum atomic E-state index is -0.263. The van der Waals surface area contributed by atoms with Crippen molar-refractivity contribution in [3.8, 4) is 11.5 Å². The summed E-state index contributed by atoms with van der Waals surface area (Å²) in [7, 11) is 1.77. The first-order valence-electron chi connectivity index (χ1n) is 10.4. The maximum absolute atomic E-state index is 12.7. The molecule has 0 saturated carbocycles. The lowest BCUT2D eigenvalue weighted by atomic mass is 10.0. The van der Waals surface area contributed by atoms with E-state index >= 15 is 0 Å². The predicted molar refractivity (Wildman–Crippen MR) is 126 cm³/mol. The molecule has 6 heteroatoms. The van der Waals surface area contributed by atoms with Crippen molar-refractivity contribution in [3.05, 3.63) is 83.9 Å². The molecule has 0 spiro atoms. The highest BCUT2D eigenvalue weighted by Gasteiger charge is 2.29. The van der Waals surface area contributed by atoms with Crippen molar-refractivity contribution in [1.29, 1.82) is 0 Å². The van der Waals surface area contributed by atoms with Crippen LogP contribution in [0.4, 0.5) is 11.4 Å². The number of fused-ring (bicyclic) bond motifs is 1. The topological polar surface area (TPSA) is 67.9 Å². The van der Waals surface area contributed by atoms with Crippen LogP contribution in [0.1, 0.15) is 18.1 Å². The normalized spacial score (nSPS) is 13.8. The molecular formula is C26H24N2O4. The maximum Gasteiger partial charge on any atom is 0.262 e. The molecule has 32 heavy (non-hydrogen) atoms. The Hall–Kier alpha value is -4.06. The molecule has 0 unspecified atom stereocenters. The van der Waals surface area contributed by atoms with Crippen LogP contribution >= 0.6 is 0 Å². The van der Waals surface area contributed by atoms with Crippen molar-refractivity contribution in [2.24, 2.45) is 0 Å². The van der Waals surface area contributed by atoms with Crippen molar-refractivity contribution in [1.82, 2.24) is 0 Å². The van der Waals surface area contributed by atoms with Crippen LogP contribution in [0, 0.1) is 0 Å². The molecule has 0 radical (unpaired) electrons. The van der Waals surface area contributed by atoms with Gasteiger partial charge in [-0.2, -0.15) is 0 Å². The van der Waals surface area contributed by atoms with E-state index in [1.807, 2.05) is 79.7 Å². The van der Waals surface area contributed by atoms with E-state index in [9.17, 15) is 9.59 Å². The van der Waals surface area contributed by atoms with Crippen LogP contribution in [0.15, 0.2) is 72.8 Å². The molecule has 162 valence electrons. The van der Waals surface area contributed by atoms with Crippen molar-refractivity contribution in [3.63, 3.8) is 0 Å². The number of carbonyl (C=O) groups is 2. The minimum absolute atomic E-state index is 0.0536. The van der Waals surface area contributed by atoms with E-state index in [0.29, 0.717) is 29.4 Å². The van der Waals surface area contributed by atoms with E-state index in [2.05, 4.69) is 5.32 Å². The number of amides is 2. The average Bonchev–Trinajstić information content (AvgIpc) is 3.04. The predicted octanol–water partition coefficient (Wildman–Crippen LogP) is 4.62. The molecule has 1 heterocycles. The summed E-state index contributed by atoms with van der Waals surface area (Å²) in [4.78, 5) is 26.6. The summed E-state index contributed by atoms with van der Waals surface area (Å²) >= 11 is 0. The van der Waals surface area contributed by atoms with Gasteiger partial charge in [0.05, 0.1) is 12.3 Å². The molecule has 3 aromatic rings. The second-order valence-corrected chi connectivity index (χ2v) is 7.28. The van der Waals surface area contributed by atoms with Crippen LogP contribution in [0.3, 0.4) is 0 Å². The van der Waals surface area contributed by atoms with Gasteiger partial charge < -0.3 is 19.7 Å². The maximum atomic E-state index is 12.7. The molecule has 0 bridgehead atoms. The SMILES string of the molecule is CCOc1cc(C=C2C(=O)N(C)c3ccccc32)ccc1OCC(=O)Nc1ccccc1. The van der Waals surface area contributed by atoms with Gasteiger partial charge in [0.25, 0.3) is 11.8 Å². The van der Waals surface area contributed by atoms with Crippen molar-refractivity contribution in [2.45, 2.75) is 6.92 Å². The lowest BCUT2D eigenvalue weighted by molar-refractivity contribution is -0.118. The number of anilines is 2. The zero-order chi connectivity index (χ0) is 22.5. The van der Waals surface area contributed by atoms with Crippen LogP contribution in [-0.4, -0.2) is 32.1 Å². The molecular weight excluding hydrogens is 404 g/mol. The van der Waals surface area contributed by atoms with E-state index < -0.39 is 0 Å². The number of nitrogens with one attached hydrogen (secondary N) is 1. The molecule has 0 aromatic heterocycles. The highest BCUT2D eigenvalue weighted by Crippen LogP contribution is 2.37. The molecule has 0 atom stereocenters. The average molecular weight is 428 g/mol. The summed E-state index contributed by atoms with van der Waals surface area (Å²) in [6, 6.07) is 22.3. The summed E-state index contributed by atoms with van der Waals surface area (Å²) in [5.74, 6) is 0.664. The molecule has 0 saturated heterocycles. The van der Waals surface area contributed by atoms with Gasteiger partial charge in [-0.25, -0.2) is 0 Å². The van der Waals surface area contributed by atoms with Gasteiger partial charge in [-0.3, -0.25) is 9.59 Å². The number of nitrogens with zero attached hydrogens (tertiary/aromatic N) is 1. The molecule has 3 aromatic carbocycles. The van der Waals surface area contributed by atoms with E-state index in [-0.39, 0.29) is 18.4 Å². The Kier molecular flexibility index (Phi) is 6.22. The van der Waals surface area contributed by atoms with Crippen LogP contribution in [-0.2, 0) is 9.59 Å². The summed E-state index contributed by atoms with van der Waals surface area (Å²) < 4.78 is 11.4. The third kappa shape index (κ3) is 4.49. The van der Waals surface area contributed by atoms with Crippen molar-refractivity contribution >= 4 is 34.8 Å². The quantitative estimate of drug-likeness (QED) is 0.558. The van der Waals surface area contributed by atoms with Gasteiger partial charge in [-0.15, -0.1) is 0 Å². The first kappa shape index (κ1) is 21.2. The highest BCUT2D eigenvalue weighted by molar-refractivity contribution is 6.35. The Morgan fingerprint density at radius 3 is 2.50 bits per heavy atom. The summed E-state index contributed by atoms with van der Waals surface area (Å²) in [6.07, 6.45) is 1.85. The number of ether oxygens (including phenoxy) is 2. The fraction of sp³-hybridized carbons (Fsp3) is 0.154. The van der Waals surface area contributed by atoms with Gasteiger partial charge in [-0.1, -0.05) is 42.5 Å². The molecule has 1 aliphatic rings. The second-order valence-electron chi connectivity index (χ2n) is 7.28. The van der Waals surface area contributed by atoms with Crippen LogP contribution in [0.2, 0.25) is 0 Å². The third-order valence-electron chi connectivity index (χ3n) is 5.09. The van der Waals surface area contributed by atoms with Gasteiger partial charge >= 0.3 is 0 Å². The lowest BCUT2D eigenvalue weighted by Gasteiger charge is -2.13. The van der Waals surface area contributed by atoms with Gasteiger partial charge in [0.15, 0.2) is 18.1 Å². The van der Waals surface area contributed by atoms with E-state index in [1.165, 1.54) is 0 Å². The van der Waals surface area contributed by atoms with Gasteiger partial charge in [-0.05, 0) is 48.9 Å². The fourth-order valence-electron chi connectivity index (χ4n) is 3.57. The minimum Gasteiger partial charge on any atom is -0.490 e. The number of para-hydroxylation sites is 2. The first-order valence-corrected chi connectivity index (χ1v) is 10.4. The van der Waals surface area contributed by atoms with E-state index in [1.54, 1.807) is 18.0 Å². The van der Waals surface area contributed by atoms with Gasteiger partial charge in [0.1, 0.15) is 0 Å². The largest absolute Gasteiger partial charge is 0.490 e. The number of likely N-dealkylation sites (N-methyl/N-ethyl adjacent to an activating group) is 1. The monoisotopic (exact) mass is 428 g/mol. The van der Waals surface area contributed by atoms with Gasteiger partial charge in [0.2, 0.25) is 0 Å². The number of hydrogen-bond acceptors (Lipinski definition) is 4. The molecule has 1 N–H and O–H groups in total. The Labute approximate surface area is 187 Å². The van der Waals surface area contributed by atoms with Crippen LogP contribution in [0.5, 0.6) is 11.5 Å². The van der Waals surface area contributed by atoms with E-state index in [4.69, 9.17) is 9.47 Å². The molecule has 2 amide bonds. The first-order chi connectivity index (χ1) is 15.6. The Balaban J connectivity index is 1.53. The Morgan fingerprint density at radius 2 is 1.72 bits per heavy atom. The van der Waals surface area contributed by atoms with Gasteiger partial charge in [0, 0.05) is 23.9 Å². The third-order valence-corrected chi connectivity index (χ3v) is 5.09. The lowest BCUT2D eigenvalue weighted by Crippen LogP contribution is -2.20. The molecule has 0 aliphatic carbocycles. The Bertz CT molecular complexity index is 1170. The highest BCUT2D eigenvalue weighted by atomic mass is 16.5. The number of benzene rings is 3. The molecule has 1 aliphatic heterocycles. The van der Waals surface area contributed by atoms with Crippen LogP contribution in [0.25, 0.3) is 11.6 Å². The Morgan fingerprint density at radius 1 is 0.969 bits per heavy atom. The van der Waals surface area contributed by atoms with Crippen LogP contribution < -0.4 is 19.7 Å².